The van der Waals surface area contributed by atoms with Crippen LogP contribution in [-0.4, -0.2) is 39.8 Å². The molecule has 2 rings (SSSR count). The van der Waals surface area contributed by atoms with E-state index in [1.165, 1.54) is 21.3 Å². The minimum atomic E-state index is -0.593. The van der Waals surface area contributed by atoms with E-state index in [2.05, 4.69) is 5.32 Å². The minimum Gasteiger partial charge on any atom is -0.493 e. The van der Waals surface area contributed by atoms with Gasteiger partial charge < -0.3 is 24.3 Å². The molecule has 0 saturated heterocycles. The first-order chi connectivity index (χ1) is 13.1. The standard InChI is InChI=1S/C20H23NO6/c1-24-17-10-9-14(11-18(17)25-2)16(12-20(23)26-3)21-19(22)13-27-15-7-5-4-6-8-15/h4-11,16H,12-13H2,1-3H3,(H,21,22)/t16-/m1/s1. The van der Waals surface area contributed by atoms with Crippen molar-refractivity contribution in [2.24, 2.45) is 0 Å². The van der Waals surface area contributed by atoms with Gasteiger partial charge in [-0.15, -0.1) is 0 Å². The topological polar surface area (TPSA) is 83.1 Å². The van der Waals surface area contributed by atoms with Crippen LogP contribution < -0.4 is 19.5 Å². The fourth-order valence-electron chi connectivity index (χ4n) is 2.47. The minimum absolute atomic E-state index is 0.0247. The third kappa shape index (κ3) is 5.91. The lowest BCUT2D eigenvalue weighted by atomic mass is 10.0. The lowest BCUT2D eigenvalue weighted by molar-refractivity contribution is -0.141. The molecule has 0 unspecified atom stereocenters. The van der Waals surface area contributed by atoms with Gasteiger partial charge in [0.25, 0.3) is 5.91 Å². The van der Waals surface area contributed by atoms with Crippen LogP contribution in [0.1, 0.15) is 18.0 Å². The zero-order valence-electron chi connectivity index (χ0n) is 15.6. The van der Waals surface area contributed by atoms with E-state index >= 15 is 0 Å². The molecule has 1 atom stereocenters. The molecular formula is C20H23NO6. The largest absolute Gasteiger partial charge is 0.493 e. The van der Waals surface area contributed by atoms with Gasteiger partial charge >= 0.3 is 5.97 Å². The van der Waals surface area contributed by atoms with Crippen molar-refractivity contribution in [3.05, 3.63) is 54.1 Å². The number of ether oxygens (including phenoxy) is 4. The Morgan fingerprint density at radius 3 is 2.30 bits per heavy atom. The van der Waals surface area contributed by atoms with E-state index in [0.717, 1.165) is 0 Å². The summed E-state index contributed by atoms with van der Waals surface area (Å²) in [6, 6.07) is 13.6. The molecule has 0 aliphatic carbocycles. The zero-order valence-corrected chi connectivity index (χ0v) is 15.6. The molecule has 0 heterocycles. The fourth-order valence-corrected chi connectivity index (χ4v) is 2.47. The second-order valence-electron chi connectivity index (χ2n) is 5.62. The van der Waals surface area contributed by atoms with Gasteiger partial charge in [-0.05, 0) is 29.8 Å². The SMILES string of the molecule is COC(=O)C[C@@H](NC(=O)COc1ccccc1)c1ccc(OC)c(OC)c1. The Kier molecular flexibility index (Phi) is 7.49. The second kappa shape index (κ2) is 10.1. The van der Waals surface area contributed by atoms with Gasteiger partial charge in [-0.3, -0.25) is 9.59 Å². The number of carbonyl (C=O) groups is 2. The monoisotopic (exact) mass is 373 g/mol. The molecule has 1 N–H and O–H groups in total. The highest BCUT2D eigenvalue weighted by Gasteiger charge is 2.21. The lowest BCUT2D eigenvalue weighted by Crippen LogP contribution is -2.34. The number of para-hydroxylation sites is 1. The van der Waals surface area contributed by atoms with Crippen LogP contribution in [0.4, 0.5) is 0 Å². The van der Waals surface area contributed by atoms with Crippen LogP contribution in [0.15, 0.2) is 48.5 Å². The molecule has 0 aliphatic rings. The molecule has 0 saturated carbocycles. The quantitative estimate of drug-likeness (QED) is 0.680. The van der Waals surface area contributed by atoms with Crippen molar-refractivity contribution in [3.8, 4) is 17.2 Å². The number of hydrogen-bond donors (Lipinski definition) is 1. The van der Waals surface area contributed by atoms with Crippen molar-refractivity contribution >= 4 is 11.9 Å². The molecule has 144 valence electrons. The van der Waals surface area contributed by atoms with E-state index in [1.54, 1.807) is 30.3 Å². The van der Waals surface area contributed by atoms with Crippen molar-refractivity contribution < 1.29 is 28.5 Å². The van der Waals surface area contributed by atoms with Crippen LogP contribution in [0.5, 0.6) is 17.2 Å². The van der Waals surface area contributed by atoms with Crippen LogP contribution >= 0.6 is 0 Å². The smallest absolute Gasteiger partial charge is 0.307 e. The first-order valence-electron chi connectivity index (χ1n) is 8.33. The molecule has 7 nitrogen and oxygen atoms in total. The fraction of sp³-hybridized carbons (Fsp3) is 0.300. The highest BCUT2D eigenvalue weighted by molar-refractivity contribution is 5.79. The molecule has 0 bridgehead atoms. The molecule has 27 heavy (non-hydrogen) atoms. The molecule has 1 amide bonds. The summed E-state index contributed by atoms with van der Waals surface area (Å²) in [6.45, 7) is -0.172. The van der Waals surface area contributed by atoms with Crippen LogP contribution in [0.25, 0.3) is 0 Å². The van der Waals surface area contributed by atoms with Crippen molar-refractivity contribution in [1.82, 2.24) is 5.32 Å². The summed E-state index contributed by atoms with van der Waals surface area (Å²) < 4.78 is 20.7. The van der Waals surface area contributed by atoms with E-state index in [9.17, 15) is 9.59 Å². The van der Waals surface area contributed by atoms with E-state index < -0.39 is 12.0 Å². The van der Waals surface area contributed by atoms with Crippen LogP contribution in [0.3, 0.4) is 0 Å². The zero-order chi connectivity index (χ0) is 19.6. The lowest BCUT2D eigenvalue weighted by Gasteiger charge is -2.20. The van der Waals surface area contributed by atoms with E-state index in [4.69, 9.17) is 18.9 Å². The maximum atomic E-state index is 12.3. The number of nitrogens with one attached hydrogen (secondary N) is 1. The molecule has 2 aromatic rings. The van der Waals surface area contributed by atoms with Crippen molar-refractivity contribution in [2.45, 2.75) is 12.5 Å². The Balaban J connectivity index is 2.11. The molecule has 7 heteroatoms. The van der Waals surface area contributed by atoms with Gasteiger partial charge in [-0.2, -0.15) is 0 Å². The molecule has 0 aliphatic heterocycles. The van der Waals surface area contributed by atoms with Gasteiger partial charge in [0, 0.05) is 0 Å². The predicted octanol–water partition coefficient (Wildman–Crippen LogP) is 2.50. The first-order valence-corrected chi connectivity index (χ1v) is 8.33. The van der Waals surface area contributed by atoms with Gasteiger partial charge in [-0.25, -0.2) is 0 Å². The molecule has 2 aromatic carbocycles. The predicted molar refractivity (Wildman–Crippen MR) is 99.0 cm³/mol. The summed E-state index contributed by atoms with van der Waals surface area (Å²) in [5, 5.41) is 2.80. The molecule has 0 aromatic heterocycles. The Labute approximate surface area is 158 Å². The molecule has 0 radical (unpaired) electrons. The summed E-state index contributed by atoms with van der Waals surface area (Å²) in [6.07, 6.45) is -0.0247. The third-order valence-electron chi connectivity index (χ3n) is 3.86. The Hall–Kier alpha value is -3.22. The Morgan fingerprint density at radius 1 is 0.963 bits per heavy atom. The number of methoxy groups -OCH3 is 3. The Bertz CT molecular complexity index is 762. The normalized spacial score (nSPS) is 11.2. The van der Waals surface area contributed by atoms with Gasteiger partial charge in [-0.1, -0.05) is 24.3 Å². The molecule has 0 fully saturated rings. The highest BCUT2D eigenvalue weighted by Crippen LogP contribution is 2.31. The number of rotatable bonds is 9. The third-order valence-corrected chi connectivity index (χ3v) is 3.86. The van der Waals surface area contributed by atoms with E-state index in [0.29, 0.717) is 22.8 Å². The van der Waals surface area contributed by atoms with Crippen LogP contribution in [-0.2, 0) is 14.3 Å². The van der Waals surface area contributed by atoms with Gasteiger partial charge in [0.1, 0.15) is 5.75 Å². The number of carbonyl (C=O) groups excluding carboxylic acids is 2. The van der Waals surface area contributed by atoms with Crippen molar-refractivity contribution in [3.63, 3.8) is 0 Å². The summed E-state index contributed by atoms with van der Waals surface area (Å²) in [4.78, 5) is 24.1. The van der Waals surface area contributed by atoms with Gasteiger partial charge in [0.05, 0.1) is 33.8 Å². The summed E-state index contributed by atoms with van der Waals surface area (Å²) in [5.74, 6) is 0.835. The average Bonchev–Trinajstić information content (AvgIpc) is 2.71. The maximum Gasteiger partial charge on any atom is 0.307 e. The van der Waals surface area contributed by atoms with Gasteiger partial charge in [0.2, 0.25) is 0 Å². The summed E-state index contributed by atoms with van der Waals surface area (Å²) >= 11 is 0. The maximum absolute atomic E-state index is 12.3. The average molecular weight is 373 g/mol. The van der Waals surface area contributed by atoms with Crippen molar-refractivity contribution in [1.29, 1.82) is 0 Å². The number of amides is 1. The second-order valence-corrected chi connectivity index (χ2v) is 5.62. The number of esters is 1. The summed E-state index contributed by atoms with van der Waals surface area (Å²) in [7, 11) is 4.35. The summed E-state index contributed by atoms with van der Waals surface area (Å²) in [5.41, 5.74) is 0.686. The number of benzene rings is 2. The Morgan fingerprint density at radius 2 is 1.67 bits per heavy atom. The molecule has 0 spiro atoms. The van der Waals surface area contributed by atoms with E-state index in [-0.39, 0.29) is 18.9 Å². The molecular weight excluding hydrogens is 350 g/mol. The van der Waals surface area contributed by atoms with Crippen LogP contribution in [0, 0.1) is 0 Å². The number of hydrogen-bond acceptors (Lipinski definition) is 6. The van der Waals surface area contributed by atoms with E-state index in [1.807, 2.05) is 18.2 Å². The first kappa shape index (κ1) is 20.1. The van der Waals surface area contributed by atoms with Crippen molar-refractivity contribution in [2.75, 3.05) is 27.9 Å². The van der Waals surface area contributed by atoms with Gasteiger partial charge in [0.15, 0.2) is 18.1 Å². The van der Waals surface area contributed by atoms with Crippen LogP contribution in [0.2, 0.25) is 0 Å². The highest BCUT2D eigenvalue weighted by atomic mass is 16.5.